The number of ether oxygens (including phenoxy) is 1. The molecule has 152 valence electrons. The third-order valence-corrected chi connectivity index (χ3v) is 6.12. The van der Waals surface area contributed by atoms with Crippen LogP contribution in [-0.4, -0.2) is 37.0 Å². The first-order valence-corrected chi connectivity index (χ1v) is 10.0. The molecule has 7 heteroatoms. The summed E-state index contributed by atoms with van der Waals surface area (Å²) in [4.78, 5) is 29.5. The minimum absolute atomic E-state index is 0.0707. The lowest BCUT2D eigenvalue weighted by Gasteiger charge is -2.37. The fraction of sp³-hybridized carbons (Fsp3) is 0.409. The molecule has 29 heavy (non-hydrogen) atoms. The Labute approximate surface area is 170 Å². The van der Waals surface area contributed by atoms with Gasteiger partial charge < -0.3 is 20.7 Å². The van der Waals surface area contributed by atoms with Gasteiger partial charge >= 0.3 is 0 Å². The summed E-state index contributed by atoms with van der Waals surface area (Å²) in [5.41, 5.74) is 1.34. The van der Waals surface area contributed by atoms with Gasteiger partial charge in [-0.05, 0) is 49.6 Å². The molecule has 2 heterocycles. The molecule has 1 aliphatic carbocycles. The van der Waals surface area contributed by atoms with Crippen molar-refractivity contribution in [2.24, 2.45) is 11.3 Å². The number of hydrogen-bond donors (Lipinski definition) is 3. The average molecular weight is 394 g/mol. The Kier molecular flexibility index (Phi) is 5.49. The van der Waals surface area contributed by atoms with Gasteiger partial charge in [-0.2, -0.15) is 0 Å². The zero-order valence-corrected chi connectivity index (χ0v) is 16.5. The van der Waals surface area contributed by atoms with Crippen LogP contribution in [0.15, 0.2) is 42.7 Å². The standard InChI is InChI=1S/C22H26N4O3/c1-29-19-11-17(7-8-18(19)26-20(27)15-5-4-10-23-12-15)25-21(28)22-9-3-2-6-16(22)13-24-14-22/h4-5,7-8,10-12,16,24H,2-3,6,9,13-14H2,1H3,(H,25,28)(H,26,27)/t16-,22+/m0/s1. The molecule has 1 aromatic carbocycles. The highest BCUT2D eigenvalue weighted by Crippen LogP contribution is 2.44. The fourth-order valence-corrected chi connectivity index (χ4v) is 4.51. The summed E-state index contributed by atoms with van der Waals surface area (Å²) in [7, 11) is 1.54. The van der Waals surface area contributed by atoms with Crippen molar-refractivity contribution in [2.75, 3.05) is 30.8 Å². The van der Waals surface area contributed by atoms with Gasteiger partial charge in [0.25, 0.3) is 5.91 Å². The molecule has 2 aromatic rings. The zero-order chi connectivity index (χ0) is 20.3. The minimum atomic E-state index is -0.321. The summed E-state index contributed by atoms with van der Waals surface area (Å²) in [6.07, 6.45) is 7.43. The minimum Gasteiger partial charge on any atom is -0.494 e. The number of nitrogens with one attached hydrogen (secondary N) is 3. The Balaban J connectivity index is 1.49. The molecule has 1 aliphatic heterocycles. The maximum absolute atomic E-state index is 13.1. The molecule has 0 bridgehead atoms. The predicted octanol–water partition coefficient (Wildman–Crippen LogP) is 3.06. The van der Waals surface area contributed by atoms with Gasteiger partial charge in [0.1, 0.15) is 5.75 Å². The van der Waals surface area contributed by atoms with Gasteiger partial charge in [0.2, 0.25) is 5.91 Å². The number of methoxy groups -OCH3 is 1. The van der Waals surface area contributed by atoms with Gasteiger partial charge in [0, 0.05) is 30.7 Å². The van der Waals surface area contributed by atoms with E-state index in [2.05, 4.69) is 20.9 Å². The SMILES string of the molecule is COc1cc(NC(=O)[C@@]23CCCC[C@H]2CNC3)ccc1NC(=O)c1cccnc1. The number of amides is 2. The van der Waals surface area contributed by atoms with Crippen LogP contribution in [0.1, 0.15) is 36.0 Å². The summed E-state index contributed by atoms with van der Waals surface area (Å²) in [6.45, 7) is 1.65. The summed E-state index contributed by atoms with van der Waals surface area (Å²) in [6, 6.07) is 8.68. The second-order valence-electron chi connectivity index (χ2n) is 7.79. The second kappa shape index (κ2) is 8.21. The number of hydrogen-bond acceptors (Lipinski definition) is 5. The Morgan fingerprint density at radius 3 is 2.93 bits per heavy atom. The van der Waals surface area contributed by atoms with Crippen molar-refractivity contribution in [1.82, 2.24) is 10.3 Å². The van der Waals surface area contributed by atoms with E-state index < -0.39 is 0 Å². The highest BCUT2D eigenvalue weighted by atomic mass is 16.5. The topological polar surface area (TPSA) is 92.4 Å². The predicted molar refractivity (Wildman–Crippen MR) is 111 cm³/mol. The maximum atomic E-state index is 13.1. The summed E-state index contributed by atoms with van der Waals surface area (Å²) in [5.74, 6) is 0.689. The first-order valence-electron chi connectivity index (χ1n) is 10.0. The average Bonchev–Trinajstić information content (AvgIpc) is 3.21. The number of carbonyl (C=O) groups is 2. The van der Waals surface area contributed by atoms with Crippen molar-refractivity contribution in [1.29, 1.82) is 0 Å². The zero-order valence-electron chi connectivity index (χ0n) is 16.5. The molecular formula is C22H26N4O3. The maximum Gasteiger partial charge on any atom is 0.257 e. The van der Waals surface area contributed by atoms with E-state index in [1.54, 1.807) is 36.5 Å². The molecular weight excluding hydrogens is 368 g/mol. The number of nitrogens with zero attached hydrogens (tertiary/aromatic N) is 1. The van der Waals surface area contributed by atoms with Crippen LogP contribution < -0.4 is 20.7 Å². The molecule has 0 radical (unpaired) electrons. The van der Waals surface area contributed by atoms with E-state index in [4.69, 9.17) is 4.74 Å². The van der Waals surface area contributed by atoms with Crippen molar-refractivity contribution in [3.63, 3.8) is 0 Å². The molecule has 0 unspecified atom stereocenters. The van der Waals surface area contributed by atoms with E-state index in [9.17, 15) is 9.59 Å². The van der Waals surface area contributed by atoms with E-state index >= 15 is 0 Å². The van der Waals surface area contributed by atoms with Gasteiger partial charge in [-0.1, -0.05) is 12.8 Å². The monoisotopic (exact) mass is 394 g/mol. The number of carbonyl (C=O) groups excluding carboxylic acids is 2. The van der Waals surface area contributed by atoms with Crippen LogP contribution in [0, 0.1) is 11.3 Å². The van der Waals surface area contributed by atoms with Crippen molar-refractivity contribution in [2.45, 2.75) is 25.7 Å². The lowest BCUT2D eigenvalue weighted by Crippen LogP contribution is -2.44. The quantitative estimate of drug-likeness (QED) is 0.725. The molecule has 3 N–H and O–H groups in total. The van der Waals surface area contributed by atoms with E-state index in [1.165, 1.54) is 19.7 Å². The van der Waals surface area contributed by atoms with Crippen molar-refractivity contribution >= 4 is 23.2 Å². The van der Waals surface area contributed by atoms with Gasteiger partial charge in [0.15, 0.2) is 0 Å². The molecule has 2 amide bonds. The van der Waals surface area contributed by atoms with Gasteiger partial charge in [0.05, 0.1) is 23.8 Å². The van der Waals surface area contributed by atoms with E-state index in [0.717, 1.165) is 32.4 Å². The van der Waals surface area contributed by atoms with Crippen LogP contribution in [0.3, 0.4) is 0 Å². The van der Waals surface area contributed by atoms with Crippen LogP contribution in [-0.2, 0) is 4.79 Å². The van der Waals surface area contributed by atoms with Crippen molar-refractivity contribution < 1.29 is 14.3 Å². The lowest BCUT2D eigenvalue weighted by atomic mass is 9.67. The van der Waals surface area contributed by atoms with Crippen molar-refractivity contribution in [3.05, 3.63) is 48.3 Å². The first-order chi connectivity index (χ1) is 14.1. The van der Waals surface area contributed by atoms with Crippen LogP contribution in [0.5, 0.6) is 5.75 Å². The largest absolute Gasteiger partial charge is 0.494 e. The van der Waals surface area contributed by atoms with Crippen LogP contribution in [0.25, 0.3) is 0 Å². The van der Waals surface area contributed by atoms with Crippen LogP contribution >= 0.6 is 0 Å². The number of aromatic nitrogens is 1. The van der Waals surface area contributed by atoms with Crippen molar-refractivity contribution in [3.8, 4) is 5.75 Å². The molecule has 2 aliphatic rings. The Hall–Kier alpha value is -2.93. The second-order valence-corrected chi connectivity index (χ2v) is 7.79. The Morgan fingerprint density at radius 2 is 2.14 bits per heavy atom. The molecule has 1 saturated heterocycles. The number of benzene rings is 1. The first kappa shape index (κ1) is 19.4. The van der Waals surface area contributed by atoms with Gasteiger partial charge in [-0.3, -0.25) is 14.6 Å². The molecule has 2 atom stereocenters. The van der Waals surface area contributed by atoms with Gasteiger partial charge in [-0.15, -0.1) is 0 Å². The lowest BCUT2D eigenvalue weighted by molar-refractivity contribution is -0.128. The molecule has 4 rings (SSSR count). The van der Waals surface area contributed by atoms with E-state index in [0.29, 0.717) is 28.6 Å². The van der Waals surface area contributed by atoms with Gasteiger partial charge in [-0.25, -0.2) is 0 Å². The molecule has 2 fully saturated rings. The number of anilines is 2. The van der Waals surface area contributed by atoms with Crippen LogP contribution in [0.4, 0.5) is 11.4 Å². The normalized spacial score (nSPS) is 23.1. The third-order valence-electron chi connectivity index (χ3n) is 6.12. The van der Waals surface area contributed by atoms with Crippen LogP contribution in [0.2, 0.25) is 0 Å². The number of fused-ring (bicyclic) bond motifs is 1. The Morgan fingerprint density at radius 1 is 1.24 bits per heavy atom. The molecule has 7 nitrogen and oxygen atoms in total. The third kappa shape index (κ3) is 3.82. The highest BCUT2D eigenvalue weighted by Gasteiger charge is 2.49. The molecule has 1 saturated carbocycles. The van der Waals surface area contributed by atoms with E-state index in [1.807, 2.05) is 0 Å². The number of pyridine rings is 1. The Bertz CT molecular complexity index is 902. The highest BCUT2D eigenvalue weighted by molar-refractivity contribution is 6.05. The molecule has 0 spiro atoms. The fourth-order valence-electron chi connectivity index (χ4n) is 4.51. The smallest absolute Gasteiger partial charge is 0.257 e. The summed E-state index contributed by atoms with van der Waals surface area (Å²) in [5, 5.41) is 9.31. The summed E-state index contributed by atoms with van der Waals surface area (Å²) >= 11 is 0. The summed E-state index contributed by atoms with van der Waals surface area (Å²) < 4.78 is 5.44. The van der Waals surface area contributed by atoms with E-state index in [-0.39, 0.29) is 17.2 Å². The number of rotatable bonds is 5. The molecule has 1 aromatic heterocycles.